The molecule has 2 aromatic carbocycles. The Morgan fingerprint density at radius 3 is 2.27 bits per heavy atom. The van der Waals surface area contributed by atoms with Crippen LogP contribution in [0.15, 0.2) is 48.5 Å². The Kier molecular flexibility index (Phi) is 7.36. The lowest BCUT2D eigenvalue weighted by molar-refractivity contribution is -0.123. The Balaban J connectivity index is 2.34. The van der Waals surface area contributed by atoms with E-state index >= 15 is 0 Å². The SMILES string of the molecule is COc1ccc(OC)c(N(C(C)C(=O)NC(C)(C)Cc2ccccc2)S(C)(=O)=O)c1. The number of carbonyl (C=O) groups is 1. The van der Waals surface area contributed by atoms with E-state index in [9.17, 15) is 13.2 Å². The zero-order valence-corrected chi connectivity index (χ0v) is 19.1. The molecular formula is C22H30N2O5S. The van der Waals surface area contributed by atoms with Gasteiger partial charge >= 0.3 is 0 Å². The number of nitrogens with one attached hydrogen (secondary N) is 1. The van der Waals surface area contributed by atoms with Crippen LogP contribution in [0, 0.1) is 0 Å². The lowest BCUT2D eigenvalue weighted by Crippen LogP contribution is -2.54. The molecule has 0 spiro atoms. The van der Waals surface area contributed by atoms with E-state index in [1.807, 2.05) is 44.2 Å². The Labute approximate surface area is 179 Å². The van der Waals surface area contributed by atoms with Gasteiger partial charge in [0.1, 0.15) is 17.5 Å². The minimum atomic E-state index is -3.80. The molecule has 0 aliphatic rings. The summed E-state index contributed by atoms with van der Waals surface area (Å²) in [5.41, 5.74) is 0.738. The summed E-state index contributed by atoms with van der Waals surface area (Å²) in [5, 5.41) is 2.98. The molecule has 0 aliphatic heterocycles. The fraction of sp³-hybridized carbons (Fsp3) is 0.409. The highest BCUT2D eigenvalue weighted by Crippen LogP contribution is 2.35. The predicted molar refractivity (Wildman–Crippen MR) is 119 cm³/mol. The molecule has 2 rings (SSSR count). The minimum absolute atomic E-state index is 0.239. The van der Waals surface area contributed by atoms with E-state index in [1.54, 1.807) is 25.1 Å². The van der Waals surface area contributed by atoms with Crippen LogP contribution in [0.5, 0.6) is 11.5 Å². The molecule has 8 heteroatoms. The fourth-order valence-electron chi connectivity index (χ4n) is 3.34. The van der Waals surface area contributed by atoms with E-state index in [-0.39, 0.29) is 5.69 Å². The van der Waals surface area contributed by atoms with Crippen molar-refractivity contribution < 1.29 is 22.7 Å². The highest BCUT2D eigenvalue weighted by molar-refractivity contribution is 7.92. The van der Waals surface area contributed by atoms with Crippen LogP contribution in [-0.2, 0) is 21.2 Å². The van der Waals surface area contributed by atoms with Crippen LogP contribution in [0.4, 0.5) is 5.69 Å². The number of benzene rings is 2. The smallest absolute Gasteiger partial charge is 0.244 e. The maximum Gasteiger partial charge on any atom is 0.244 e. The molecule has 0 aliphatic carbocycles. The van der Waals surface area contributed by atoms with Gasteiger partial charge in [-0.05, 0) is 44.9 Å². The summed E-state index contributed by atoms with van der Waals surface area (Å²) in [6, 6.07) is 13.6. The first kappa shape index (κ1) is 23.5. The molecule has 1 unspecified atom stereocenters. The summed E-state index contributed by atoms with van der Waals surface area (Å²) in [5.74, 6) is 0.368. The highest BCUT2D eigenvalue weighted by Gasteiger charge is 2.34. The molecule has 0 bridgehead atoms. The second kappa shape index (κ2) is 9.38. The lowest BCUT2D eigenvalue weighted by Gasteiger charge is -2.33. The first-order chi connectivity index (χ1) is 14.0. The van der Waals surface area contributed by atoms with Crippen molar-refractivity contribution in [2.45, 2.75) is 38.8 Å². The standard InChI is InChI=1S/C22H30N2O5S/c1-16(21(25)23-22(2,3)15-17-10-8-7-9-11-17)24(30(6,26)27)19-14-18(28-4)12-13-20(19)29-5/h7-14,16H,15H2,1-6H3,(H,23,25). The molecular weight excluding hydrogens is 404 g/mol. The number of carbonyl (C=O) groups excluding carboxylic acids is 1. The Morgan fingerprint density at radius 2 is 1.73 bits per heavy atom. The number of anilines is 1. The van der Waals surface area contributed by atoms with Crippen LogP contribution in [0.3, 0.4) is 0 Å². The van der Waals surface area contributed by atoms with Gasteiger partial charge < -0.3 is 14.8 Å². The number of hydrogen-bond acceptors (Lipinski definition) is 5. The van der Waals surface area contributed by atoms with Crippen molar-refractivity contribution in [1.29, 1.82) is 0 Å². The van der Waals surface area contributed by atoms with Crippen LogP contribution >= 0.6 is 0 Å². The van der Waals surface area contributed by atoms with E-state index in [2.05, 4.69) is 5.32 Å². The molecule has 1 amide bonds. The van der Waals surface area contributed by atoms with Crippen LogP contribution in [-0.4, -0.2) is 46.4 Å². The van der Waals surface area contributed by atoms with Crippen LogP contribution in [0.1, 0.15) is 26.3 Å². The molecule has 2 aromatic rings. The topological polar surface area (TPSA) is 84.9 Å². The largest absolute Gasteiger partial charge is 0.497 e. The summed E-state index contributed by atoms with van der Waals surface area (Å²) in [6.07, 6.45) is 1.67. The van der Waals surface area contributed by atoms with Crippen molar-refractivity contribution in [3.63, 3.8) is 0 Å². The van der Waals surface area contributed by atoms with Gasteiger partial charge in [0.05, 0.1) is 26.2 Å². The lowest BCUT2D eigenvalue weighted by atomic mass is 9.94. The van der Waals surface area contributed by atoms with Gasteiger partial charge in [0.15, 0.2) is 0 Å². The van der Waals surface area contributed by atoms with Gasteiger partial charge in [0, 0.05) is 11.6 Å². The number of hydrogen-bond donors (Lipinski definition) is 1. The monoisotopic (exact) mass is 434 g/mol. The van der Waals surface area contributed by atoms with Crippen molar-refractivity contribution in [2.75, 3.05) is 24.8 Å². The predicted octanol–water partition coefficient (Wildman–Crippen LogP) is 3.00. The van der Waals surface area contributed by atoms with E-state index in [1.165, 1.54) is 14.2 Å². The number of methoxy groups -OCH3 is 2. The van der Waals surface area contributed by atoms with Gasteiger partial charge in [0.25, 0.3) is 0 Å². The van der Waals surface area contributed by atoms with E-state index in [4.69, 9.17) is 9.47 Å². The molecule has 164 valence electrons. The van der Waals surface area contributed by atoms with Crippen molar-refractivity contribution in [3.05, 3.63) is 54.1 Å². The summed E-state index contributed by atoms with van der Waals surface area (Å²) in [4.78, 5) is 13.1. The number of sulfonamides is 1. The average molecular weight is 435 g/mol. The van der Waals surface area contributed by atoms with Gasteiger partial charge in [-0.3, -0.25) is 9.10 Å². The number of rotatable bonds is 9. The summed E-state index contributed by atoms with van der Waals surface area (Å²) in [7, 11) is -0.869. The Hall–Kier alpha value is -2.74. The third kappa shape index (κ3) is 5.89. The van der Waals surface area contributed by atoms with Crippen molar-refractivity contribution in [2.24, 2.45) is 0 Å². The number of nitrogens with zero attached hydrogens (tertiary/aromatic N) is 1. The zero-order chi connectivity index (χ0) is 22.5. The van der Waals surface area contributed by atoms with Crippen molar-refractivity contribution >= 4 is 21.6 Å². The molecule has 1 atom stereocenters. The molecule has 0 saturated carbocycles. The molecule has 0 saturated heterocycles. The fourth-order valence-corrected chi connectivity index (χ4v) is 4.51. The van der Waals surface area contributed by atoms with Crippen molar-refractivity contribution in [1.82, 2.24) is 5.32 Å². The van der Waals surface area contributed by atoms with Gasteiger partial charge in [0.2, 0.25) is 15.9 Å². The first-order valence-electron chi connectivity index (χ1n) is 9.56. The van der Waals surface area contributed by atoms with E-state index < -0.39 is 27.5 Å². The number of ether oxygens (including phenoxy) is 2. The molecule has 1 N–H and O–H groups in total. The summed E-state index contributed by atoms with van der Waals surface area (Å²) < 4.78 is 36.9. The first-order valence-corrected chi connectivity index (χ1v) is 11.4. The van der Waals surface area contributed by atoms with Crippen molar-refractivity contribution in [3.8, 4) is 11.5 Å². The normalized spacial score (nSPS) is 12.7. The molecule has 0 aromatic heterocycles. The van der Waals surface area contributed by atoms with Gasteiger partial charge in [-0.25, -0.2) is 8.42 Å². The van der Waals surface area contributed by atoms with Crippen LogP contribution < -0.4 is 19.1 Å². The second-order valence-electron chi connectivity index (χ2n) is 7.81. The highest BCUT2D eigenvalue weighted by atomic mass is 32.2. The van der Waals surface area contributed by atoms with E-state index in [0.717, 1.165) is 16.1 Å². The zero-order valence-electron chi connectivity index (χ0n) is 18.3. The maximum absolute atomic E-state index is 13.1. The van der Waals surface area contributed by atoms with Crippen LogP contribution in [0.2, 0.25) is 0 Å². The van der Waals surface area contributed by atoms with Gasteiger partial charge in [-0.15, -0.1) is 0 Å². The third-order valence-corrected chi connectivity index (χ3v) is 5.89. The third-order valence-electron chi connectivity index (χ3n) is 4.66. The summed E-state index contributed by atoms with van der Waals surface area (Å²) >= 11 is 0. The second-order valence-corrected chi connectivity index (χ2v) is 9.67. The molecule has 30 heavy (non-hydrogen) atoms. The summed E-state index contributed by atoms with van der Waals surface area (Å²) in [6.45, 7) is 5.36. The number of amides is 1. The maximum atomic E-state index is 13.1. The van der Waals surface area contributed by atoms with Gasteiger partial charge in [-0.2, -0.15) is 0 Å². The molecule has 0 fully saturated rings. The minimum Gasteiger partial charge on any atom is -0.497 e. The Morgan fingerprint density at radius 1 is 1.10 bits per heavy atom. The average Bonchev–Trinajstić information content (AvgIpc) is 2.66. The van der Waals surface area contributed by atoms with E-state index in [0.29, 0.717) is 17.9 Å². The molecule has 7 nitrogen and oxygen atoms in total. The van der Waals surface area contributed by atoms with Crippen LogP contribution in [0.25, 0.3) is 0 Å². The Bertz CT molecular complexity index is 974. The quantitative estimate of drug-likeness (QED) is 0.656. The molecule has 0 heterocycles. The van der Waals surface area contributed by atoms with Gasteiger partial charge in [-0.1, -0.05) is 30.3 Å². The molecule has 0 radical (unpaired) electrons.